The fourth-order valence-electron chi connectivity index (χ4n) is 2.12. The number of nitrogens with one attached hydrogen (secondary N) is 1. The Kier molecular flexibility index (Phi) is 7.15. The van der Waals surface area contributed by atoms with Crippen molar-refractivity contribution >= 4 is 11.6 Å². The molecule has 0 fully saturated rings. The maximum atomic E-state index is 12.5. The summed E-state index contributed by atoms with van der Waals surface area (Å²) >= 11 is 0. The molecule has 5 nitrogen and oxygen atoms in total. The predicted molar refractivity (Wildman–Crippen MR) is 83.6 cm³/mol. The van der Waals surface area contributed by atoms with Crippen molar-refractivity contribution in [3.8, 4) is 5.88 Å². The quantitative estimate of drug-likeness (QED) is 0.709. The number of aromatic nitrogens is 1. The normalized spacial score (nSPS) is 13.5. The van der Waals surface area contributed by atoms with Gasteiger partial charge in [0.05, 0.1) is 19.0 Å². The van der Waals surface area contributed by atoms with Crippen molar-refractivity contribution < 1.29 is 14.3 Å². The first-order valence-corrected chi connectivity index (χ1v) is 7.51. The molecule has 1 N–H and O–H groups in total. The molecule has 1 atom stereocenters. The molecule has 0 unspecified atom stereocenters. The molecule has 118 valence electrons. The van der Waals surface area contributed by atoms with Gasteiger partial charge in [0.1, 0.15) is 5.60 Å². The Morgan fingerprint density at radius 3 is 2.62 bits per heavy atom. The van der Waals surface area contributed by atoms with Crippen LogP contribution >= 0.6 is 0 Å². The number of pyridine rings is 1. The van der Waals surface area contributed by atoms with Gasteiger partial charge in [-0.2, -0.15) is 0 Å². The number of nitrogens with zero attached hydrogens (tertiary/aromatic N) is 1. The summed E-state index contributed by atoms with van der Waals surface area (Å²) < 4.78 is 10.7. The summed E-state index contributed by atoms with van der Waals surface area (Å²) in [6.45, 7) is 6.40. The van der Waals surface area contributed by atoms with Crippen LogP contribution in [0.3, 0.4) is 0 Å². The summed E-state index contributed by atoms with van der Waals surface area (Å²) in [5.74, 6) is 0.385. The van der Waals surface area contributed by atoms with Crippen molar-refractivity contribution in [1.29, 1.82) is 0 Å². The monoisotopic (exact) mass is 294 g/mol. The van der Waals surface area contributed by atoms with Crippen LogP contribution in [-0.2, 0) is 9.53 Å². The number of carbonyl (C=O) groups excluding carboxylic acids is 1. The molecule has 21 heavy (non-hydrogen) atoms. The summed E-state index contributed by atoms with van der Waals surface area (Å²) in [6.07, 6.45) is 5.48. The molecule has 0 aliphatic carbocycles. The number of methoxy groups -OCH3 is 1. The Hall–Kier alpha value is -1.62. The predicted octanol–water partition coefficient (Wildman–Crippen LogP) is 3.40. The first-order valence-electron chi connectivity index (χ1n) is 7.51. The van der Waals surface area contributed by atoms with Gasteiger partial charge in [0.2, 0.25) is 5.88 Å². The molecule has 0 aromatic carbocycles. The van der Waals surface area contributed by atoms with E-state index < -0.39 is 5.60 Å². The number of unbranched alkanes of at least 4 members (excludes halogenated alkanes) is 2. The average molecular weight is 294 g/mol. The van der Waals surface area contributed by atoms with Crippen molar-refractivity contribution in [3.63, 3.8) is 0 Å². The minimum atomic E-state index is -0.802. The largest absolute Gasteiger partial charge is 0.481 e. The third-order valence-corrected chi connectivity index (χ3v) is 3.40. The highest BCUT2D eigenvalue weighted by molar-refractivity contribution is 5.96. The lowest BCUT2D eigenvalue weighted by Gasteiger charge is -2.28. The number of anilines is 1. The number of hydrogen-bond acceptors (Lipinski definition) is 4. The molecular formula is C16H26N2O3. The first-order chi connectivity index (χ1) is 10.1. The van der Waals surface area contributed by atoms with Crippen LogP contribution in [-0.4, -0.2) is 30.2 Å². The van der Waals surface area contributed by atoms with Crippen LogP contribution in [0.1, 0.15) is 46.5 Å². The van der Waals surface area contributed by atoms with Gasteiger partial charge >= 0.3 is 0 Å². The zero-order valence-corrected chi connectivity index (χ0v) is 13.4. The Labute approximate surface area is 127 Å². The molecule has 5 heteroatoms. The number of carbonyl (C=O) groups is 1. The van der Waals surface area contributed by atoms with E-state index in [9.17, 15) is 4.79 Å². The van der Waals surface area contributed by atoms with E-state index >= 15 is 0 Å². The van der Waals surface area contributed by atoms with Crippen LogP contribution in [0.2, 0.25) is 0 Å². The van der Waals surface area contributed by atoms with E-state index in [-0.39, 0.29) is 5.91 Å². The molecule has 0 saturated heterocycles. The molecule has 0 saturated carbocycles. The summed E-state index contributed by atoms with van der Waals surface area (Å²) in [7, 11) is 1.56. The van der Waals surface area contributed by atoms with Crippen molar-refractivity contribution in [3.05, 3.63) is 18.3 Å². The van der Waals surface area contributed by atoms with Gasteiger partial charge in [-0.05, 0) is 26.3 Å². The fourth-order valence-corrected chi connectivity index (χ4v) is 2.12. The average Bonchev–Trinajstić information content (AvgIpc) is 2.48. The second kappa shape index (κ2) is 8.62. The van der Waals surface area contributed by atoms with E-state index in [2.05, 4.69) is 17.2 Å². The Morgan fingerprint density at radius 2 is 2.10 bits per heavy atom. The Bertz CT molecular complexity index is 434. The maximum Gasteiger partial charge on any atom is 0.256 e. The summed E-state index contributed by atoms with van der Waals surface area (Å²) in [6, 6.07) is 3.48. The number of rotatable bonds is 9. The van der Waals surface area contributed by atoms with Gasteiger partial charge in [-0.3, -0.25) is 4.79 Å². The van der Waals surface area contributed by atoms with Crippen molar-refractivity contribution in [2.75, 3.05) is 19.0 Å². The van der Waals surface area contributed by atoms with E-state index in [4.69, 9.17) is 9.47 Å². The molecule has 1 amide bonds. The minimum Gasteiger partial charge on any atom is -0.481 e. The molecule has 1 rings (SSSR count). The minimum absolute atomic E-state index is 0.132. The highest BCUT2D eigenvalue weighted by Crippen LogP contribution is 2.22. The van der Waals surface area contributed by atoms with E-state index in [0.717, 1.165) is 19.3 Å². The topological polar surface area (TPSA) is 60.5 Å². The molecular weight excluding hydrogens is 268 g/mol. The van der Waals surface area contributed by atoms with Gasteiger partial charge in [0.15, 0.2) is 0 Å². The molecule has 0 aliphatic heterocycles. The summed E-state index contributed by atoms with van der Waals surface area (Å²) in [4.78, 5) is 16.6. The van der Waals surface area contributed by atoms with Gasteiger partial charge < -0.3 is 14.8 Å². The third kappa shape index (κ3) is 5.34. The Morgan fingerprint density at radius 1 is 1.33 bits per heavy atom. The van der Waals surface area contributed by atoms with Crippen LogP contribution in [0.4, 0.5) is 5.69 Å². The van der Waals surface area contributed by atoms with Gasteiger partial charge in [-0.25, -0.2) is 4.98 Å². The van der Waals surface area contributed by atoms with Crippen LogP contribution in [0.15, 0.2) is 18.3 Å². The standard InChI is InChI=1S/C16H26N2O3/c1-5-7-8-11-16(3,21-6-2)15(19)18-13-9-10-14(20-4)17-12-13/h9-10,12H,5-8,11H2,1-4H3,(H,18,19)/t16-/m1/s1. The second-order valence-corrected chi connectivity index (χ2v) is 5.16. The van der Waals surface area contributed by atoms with E-state index in [1.54, 1.807) is 25.4 Å². The molecule has 0 radical (unpaired) electrons. The van der Waals surface area contributed by atoms with Crippen LogP contribution in [0, 0.1) is 0 Å². The molecule has 1 heterocycles. The SMILES string of the molecule is CCCCC[C@@](C)(OCC)C(=O)Nc1ccc(OC)nc1. The van der Waals surface area contributed by atoms with Gasteiger partial charge in [-0.15, -0.1) is 0 Å². The van der Waals surface area contributed by atoms with E-state index in [0.29, 0.717) is 24.6 Å². The number of amides is 1. The van der Waals surface area contributed by atoms with Gasteiger partial charge in [-0.1, -0.05) is 26.2 Å². The molecule has 0 aliphatic rings. The van der Waals surface area contributed by atoms with E-state index in [1.165, 1.54) is 0 Å². The zero-order valence-electron chi connectivity index (χ0n) is 13.4. The smallest absolute Gasteiger partial charge is 0.256 e. The lowest BCUT2D eigenvalue weighted by Crippen LogP contribution is -2.42. The number of hydrogen-bond donors (Lipinski definition) is 1. The lowest BCUT2D eigenvalue weighted by molar-refractivity contribution is -0.139. The highest BCUT2D eigenvalue weighted by Gasteiger charge is 2.33. The van der Waals surface area contributed by atoms with Crippen LogP contribution < -0.4 is 10.1 Å². The lowest BCUT2D eigenvalue weighted by atomic mass is 9.96. The van der Waals surface area contributed by atoms with Crippen LogP contribution in [0.5, 0.6) is 5.88 Å². The molecule has 1 aromatic rings. The van der Waals surface area contributed by atoms with Crippen molar-refractivity contribution in [2.24, 2.45) is 0 Å². The first kappa shape index (κ1) is 17.4. The summed E-state index contributed by atoms with van der Waals surface area (Å²) in [5.41, 5.74) is -0.161. The Balaban J connectivity index is 2.70. The molecule has 1 aromatic heterocycles. The summed E-state index contributed by atoms with van der Waals surface area (Å²) in [5, 5.41) is 2.86. The maximum absolute atomic E-state index is 12.5. The second-order valence-electron chi connectivity index (χ2n) is 5.16. The number of ether oxygens (including phenoxy) is 2. The van der Waals surface area contributed by atoms with E-state index in [1.807, 2.05) is 13.8 Å². The third-order valence-electron chi connectivity index (χ3n) is 3.40. The van der Waals surface area contributed by atoms with Crippen molar-refractivity contribution in [1.82, 2.24) is 4.98 Å². The fraction of sp³-hybridized carbons (Fsp3) is 0.625. The van der Waals surface area contributed by atoms with Crippen LogP contribution in [0.25, 0.3) is 0 Å². The van der Waals surface area contributed by atoms with Gasteiger partial charge in [0.25, 0.3) is 5.91 Å². The van der Waals surface area contributed by atoms with Gasteiger partial charge in [0, 0.05) is 12.7 Å². The molecule has 0 spiro atoms. The molecule has 0 bridgehead atoms. The van der Waals surface area contributed by atoms with Crippen molar-refractivity contribution in [2.45, 2.75) is 52.1 Å². The zero-order chi connectivity index (χ0) is 15.7. The highest BCUT2D eigenvalue weighted by atomic mass is 16.5.